The van der Waals surface area contributed by atoms with E-state index >= 15 is 0 Å². The summed E-state index contributed by atoms with van der Waals surface area (Å²) in [7, 11) is 0. The lowest BCUT2D eigenvalue weighted by atomic mass is 9.60. The normalized spacial score (nSPS) is 25.0. The standard InChI is InChI=1S/C23H29F4N5O4/c1-21(24,25)13-29-19(33)23(6-7-36-12-17(23)14-2-4-22(26,27)5-3-14)15-8-18-31-16(10-28-20(34)35)11-32(18)30-9-15/h8-9,11,14,17,28H,2-7,10,12-13H2,1H3,(H,29,33)(H,34,35). The number of imidazole rings is 1. The Hall–Kier alpha value is -2.96. The van der Waals surface area contributed by atoms with Crippen molar-refractivity contribution in [3.05, 3.63) is 29.7 Å². The van der Waals surface area contributed by atoms with Crippen LogP contribution in [0.25, 0.3) is 5.65 Å². The van der Waals surface area contributed by atoms with E-state index in [0.29, 0.717) is 23.8 Å². The van der Waals surface area contributed by atoms with Gasteiger partial charge in [0, 0.05) is 32.3 Å². The van der Waals surface area contributed by atoms with Gasteiger partial charge in [-0.1, -0.05) is 0 Å². The van der Waals surface area contributed by atoms with Crippen LogP contribution in [0.1, 0.15) is 50.3 Å². The predicted octanol–water partition coefficient (Wildman–Crippen LogP) is 3.37. The maximum Gasteiger partial charge on any atom is 0.404 e. The smallest absolute Gasteiger partial charge is 0.404 e. The van der Waals surface area contributed by atoms with Crippen LogP contribution < -0.4 is 10.6 Å². The van der Waals surface area contributed by atoms with Crippen LogP contribution in [-0.4, -0.2) is 63.3 Å². The Morgan fingerprint density at radius 1 is 1.25 bits per heavy atom. The summed E-state index contributed by atoms with van der Waals surface area (Å²) >= 11 is 0. The third-order valence-corrected chi connectivity index (χ3v) is 7.17. The van der Waals surface area contributed by atoms with E-state index in [0.717, 1.165) is 0 Å². The predicted molar refractivity (Wildman–Crippen MR) is 119 cm³/mol. The molecule has 1 aliphatic heterocycles. The molecule has 0 spiro atoms. The number of rotatable bonds is 7. The van der Waals surface area contributed by atoms with Crippen LogP contribution in [0.4, 0.5) is 22.4 Å². The highest BCUT2D eigenvalue weighted by molar-refractivity contribution is 5.89. The van der Waals surface area contributed by atoms with Gasteiger partial charge in [0.05, 0.1) is 43.2 Å². The zero-order chi connectivity index (χ0) is 26.1. The molecule has 2 aliphatic rings. The lowest BCUT2D eigenvalue weighted by Gasteiger charge is -2.47. The van der Waals surface area contributed by atoms with Crippen LogP contribution in [-0.2, 0) is 21.5 Å². The number of carbonyl (C=O) groups excluding carboxylic acids is 1. The SMILES string of the molecule is CC(F)(F)CNC(=O)C1(c2cnn3cc(CNC(=O)O)nc3c2)CCOCC1C1CCC(F)(F)CC1. The molecule has 2 atom stereocenters. The van der Waals surface area contributed by atoms with Gasteiger partial charge in [-0.15, -0.1) is 0 Å². The molecular formula is C23H29F4N5O4. The first-order chi connectivity index (χ1) is 16.9. The number of aromatic nitrogens is 3. The molecule has 1 aliphatic carbocycles. The molecular weight excluding hydrogens is 486 g/mol. The lowest BCUT2D eigenvalue weighted by molar-refractivity contribution is -0.141. The van der Waals surface area contributed by atoms with Gasteiger partial charge in [-0.05, 0) is 36.8 Å². The summed E-state index contributed by atoms with van der Waals surface area (Å²) in [6.45, 7) is 0.0870. The molecule has 2 amide bonds. The number of alkyl halides is 4. The number of hydrogen-bond donors (Lipinski definition) is 3. The fourth-order valence-electron chi connectivity index (χ4n) is 5.36. The van der Waals surface area contributed by atoms with Gasteiger partial charge in [0.15, 0.2) is 5.65 Å². The van der Waals surface area contributed by atoms with Gasteiger partial charge in [0.2, 0.25) is 11.8 Å². The quantitative estimate of drug-likeness (QED) is 0.487. The summed E-state index contributed by atoms with van der Waals surface area (Å²) in [6.07, 6.45) is 1.69. The van der Waals surface area contributed by atoms with E-state index in [4.69, 9.17) is 9.84 Å². The molecule has 36 heavy (non-hydrogen) atoms. The molecule has 198 valence electrons. The van der Waals surface area contributed by atoms with Crippen LogP contribution in [0.5, 0.6) is 0 Å². The Morgan fingerprint density at radius 3 is 2.64 bits per heavy atom. The molecule has 9 nitrogen and oxygen atoms in total. The van der Waals surface area contributed by atoms with Crippen molar-refractivity contribution in [1.29, 1.82) is 0 Å². The van der Waals surface area contributed by atoms with Crippen molar-refractivity contribution in [1.82, 2.24) is 25.2 Å². The summed E-state index contributed by atoms with van der Waals surface area (Å²) in [4.78, 5) is 28.9. The summed E-state index contributed by atoms with van der Waals surface area (Å²) < 4.78 is 62.2. The van der Waals surface area contributed by atoms with Crippen LogP contribution >= 0.6 is 0 Å². The summed E-state index contributed by atoms with van der Waals surface area (Å²) in [5.41, 5.74) is -0.172. The van der Waals surface area contributed by atoms with Crippen molar-refractivity contribution < 1.29 is 37.0 Å². The molecule has 2 aromatic heterocycles. The number of ether oxygens (including phenoxy) is 1. The minimum Gasteiger partial charge on any atom is -0.465 e. The fraction of sp³-hybridized carbons (Fsp3) is 0.652. The summed E-state index contributed by atoms with van der Waals surface area (Å²) in [5, 5.41) is 17.8. The average Bonchev–Trinajstić information content (AvgIpc) is 3.23. The van der Waals surface area contributed by atoms with Crippen LogP contribution in [0.3, 0.4) is 0 Å². The highest BCUT2D eigenvalue weighted by Crippen LogP contribution is 2.49. The van der Waals surface area contributed by atoms with E-state index < -0.39 is 41.7 Å². The Bertz CT molecular complexity index is 1110. The Balaban J connectivity index is 1.73. The first kappa shape index (κ1) is 26.1. The van der Waals surface area contributed by atoms with E-state index in [1.807, 2.05) is 0 Å². The Morgan fingerprint density at radius 2 is 1.97 bits per heavy atom. The van der Waals surface area contributed by atoms with E-state index in [1.54, 1.807) is 6.07 Å². The third kappa shape index (κ3) is 5.55. The summed E-state index contributed by atoms with van der Waals surface area (Å²) in [6, 6.07) is 1.62. The molecule has 0 bridgehead atoms. The van der Waals surface area contributed by atoms with Gasteiger partial charge in [-0.3, -0.25) is 4.79 Å². The highest BCUT2D eigenvalue weighted by Gasteiger charge is 2.53. The third-order valence-electron chi connectivity index (χ3n) is 7.17. The number of carboxylic acid groups (broad SMARTS) is 1. The molecule has 0 radical (unpaired) electrons. The number of carbonyl (C=O) groups is 2. The van der Waals surface area contributed by atoms with Gasteiger partial charge in [-0.25, -0.2) is 31.9 Å². The molecule has 0 aromatic carbocycles. The van der Waals surface area contributed by atoms with Crippen LogP contribution in [0, 0.1) is 11.8 Å². The van der Waals surface area contributed by atoms with E-state index in [2.05, 4.69) is 20.7 Å². The largest absolute Gasteiger partial charge is 0.465 e. The van der Waals surface area contributed by atoms with Gasteiger partial charge < -0.3 is 20.5 Å². The summed E-state index contributed by atoms with van der Waals surface area (Å²) in [5.74, 6) is -7.33. The second kappa shape index (κ2) is 9.83. The Labute approximate surface area is 204 Å². The van der Waals surface area contributed by atoms with Crippen molar-refractivity contribution in [3.8, 4) is 0 Å². The molecule has 2 unspecified atom stereocenters. The minimum atomic E-state index is -3.14. The maximum absolute atomic E-state index is 13.9. The molecule has 1 saturated carbocycles. The number of nitrogens with zero attached hydrogens (tertiary/aromatic N) is 3. The van der Waals surface area contributed by atoms with Crippen molar-refractivity contribution in [2.24, 2.45) is 11.8 Å². The molecule has 3 heterocycles. The van der Waals surface area contributed by atoms with Gasteiger partial charge in [0.25, 0.3) is 5.92 Å². The molecule has 13 heteroatoms. The highest BCUT2D eigenvalue weighted by atomic mass is 19.3. The minimum absolute atomic E-state index is 0.0576. The molecule has 3 N–H and O–H groups in total. The maximum atomic E-state index is 13.9. The van der Waals surface area contributed by atoms with E-state index in [1.165, 1.54) is 16.9 Å². The molecule has 4 rings (SSSR count). The Kier molecular flexibility index (Phi) is 7.13. The molecule has 1 saturated heterocycles. The first-order valence-corrected chi connectivity index (χ1v) is 11.8. The number of halogens is 4. The number of fused-ring (bicyclic) bond motifs is 1. The van der Waals surface area contributed by atoms with Crippen molar-refractivity contribution in [3.63, 3.8) is 0 Å². The van der Waals surface area contributed by atoms with Crippen molar-refractivity contribution in [2.45, 2.75) is 62.8 Å². The second-order valence-electron chi connectivity index (χ2n) is 9.79. The van der Waals surface area contributed by atoms with Gasteiger partial charge >= 0.3 is 6.09 Å². The van der Waals surface area contributed by atoms with Gasteiger partial charge in [-0.2, -0.15) is 5.10 Å². The monoisotopic (exact) mass is 515 g/mol. The van der Waals surface area contributed by atoms with E-state index in [9.17, 15) is 27.2 Å². The molecule has 2 aromatic rings. The lowest BCUT2D eigenvalue weighted by Crippen LogP contribution is -2.57. The van der Waals surface area contributed by atoms with E-state index in [-0.39, 0.29) is 57.8 Å². The fourth-order valence-corrected chi connectivity index (χ4v) is 5.36. The number of nitrogens with one attached hydrogen (secondary N) is 2. The van der Waals surface area contributed by atoms with Crippen LogP contribution in [0.2, 0.25) is 0 Å². The molecule has 2 fully saturated rings. The number of amides is 2. The second-order valence-corrected chi connectivity index (χ2v) is 9.79. The average molecular weight is 516 g/mol. The van der Waals surface area contributed by atoms with Crippen LogP contribution in [0.15, 0.2) is 18.5 Å². The number of hydrogen-bond acceptors (Lipinski definition) is 5. The van der Waals surface area contributed by atoms with Crippen molar-refractivity contribution >= 4 is 17.6 Å². The topological polar surface area (TPSA) is 118 Å². The zero-order valence-corrected chi connectivity index (χ0v) is 19.8. The zero-order valence-electron chi connectivity index (χ0n) is 19.8. The van der Waals surface area contributed by atoms with Gasteiger partial charge in [0.1, 0.15) is 0 Å². The first-order valence-electron chi connectivity index (χ1n) is 11.8. The van der Waals surface area contributed by atoms with Crippen molar-refractivity contribution in [2.75, 3.05) is 19.8 Å².